The molecule has 1 aliphatic rings. The van der Waals surface area contributed by atoms with Gasteiger partial charge < -0.3 is 14.4 Å². The number of halogens is 1. The number of amides is 1. The highest BCUT2D eigenvalue weighted by atomic mass is 35.5. The van der Waals surface area contributed by atoms with Crippen LogP contribution in [0.3, 0.4) is 0 Å². The van der Waals surface area contributed by atoms with E-state index in [4.69, 9.17) is 21.1 Å². The lowest BCUT2D eigenvalue weighted by molar-refractivity contribution is 0.0748. The van der Waals surface area contributed by atoms with E-state index >= 15 is 0 Å². The predicted molar refractivity (Wildman–Crippen MR) is 109 cm³/mol. The van der Waals surface area contributed by atoms with Crippen LogP contribution in [-0.2, 0) is 6.54 Å². The van der Waals surface area contributed by atoms with Crippen molar-refractivity contribution in [3.63, 3.8) is 0 Å². The van der Waals surface area contributed by atoms with Crippen LogP contribution in [0.2, 0.25) is 5.02 Å². The van der Waals surface area contributed by atoms with Crippen molar-refractivity contribution < 1.29 is 14.3 Å². The molecule has 0 saturated carbocycles. The topological polar surface area (TPSA) is 51.7 Å². The molecule has 2 heterocycles. The summed E-state index contributed by atoms with van der Waals surface area (Å²) in [4.78, 5) is 19.6. The second kappa shape index (κ2) is 7.68. The van der Waals surface area contributed by atoms with E-state index in [-0.39, 0.29) is 5.91 Å². The Bertz CT molecular complexity index is 1050. The molecule has 0 saturated heterocycles. The number of hydrogen-bond acceptors (Lipinski definition) is 4. The molecule has 0 aliphatic carbocycles. The lowest BCUT2D eigenvalue weighted by Crippen LogP contribution is -2.31. The molecule has 28 heavy (non-hydrogen) atoms. The van der Waals surface area contributed by atoms with Crippen LogP contribution in [0.25, 0.3) is 10.9 Å². The molecule has 144 valence electrons. The standard InChI is InChI=1S/C22H21ClN2O3/c1-3-25(13-15-5-4-6-20-21(15)28-10-9-27-20)22(26)18-12-16-11-17(23)7-8-19(16)24-14(18)2/h4-8,11-12H,3,9-10,13H2,1-2H3. The van der Waals surface area contributed by atoms with Gasteiger partial charge in [-0.2, -0.15) is 0 Å². The molecule has 0 unspecified atom stereocenters. The Morgan fingerprint density at radius 2 is 2.00 bits per heavy atom. The molecule has 0 N–H and O–H groups in total. The fraction of sp³-hybridized carbons (Fsp3) is 0.273. The van der Waals surface area contributed by atoms with Crippen molar-refractivity contribution in [3.05, 3.63) is 64.3 Å². The second-order valence-electron chi connectivity index (χ2n) is 6.72. The van der Waals surface area contributed by atoms with E-state index in [9.17, 15) is 4.79 Å². The molecule has 1 amide bonds. The van der Waals surface area contributed by atoms with Crippen LogP contribution in [0.15, 0.2) is 42.5 Å². The van der Waals surface area contributed by atoms with Crippen LogP contribution in [0.1, 0.15) is 28.5 Å². The highest BCUT2D eigenvalue weighted by molar-refractivity contribution is 6.31. The summed E-state index contributed by atoms with van der Waals surface area (Å²) in [5.41, 5.74) is 3.04. The highest BCUT2D eigenvalue weighted by Gasteiger charge is 2.22. The molecule has 0 bridgehead atoms. The van der Waals surface area contributed by atoms with Crippen molar-refractivity contribution in [2.45, 2.75) is 20.4 Å². The molecule has 0 radical (unpaired) electrons. The number of rotatable bonds is 4. The molecule has 5 nitrogen and oxygen atoms in total. The average Bonchev–Trinajstić information content (AvgIpc) is 2.71. The number of carbonyl (C=O) groups excluding carboxylic acids is 1. The van der Waals surface area contributed by atoms with Crippen molar-refractivity contribution in [2.24, 2.45) is 0 Å². The Morgan fingerprint density at radius 3 is 2.82 bits per heavy atom. The predicted octanol–water partition coefficient (Wildman–Crippen LogP) is 4.63. The fourth-order valence-electron chi connectivity index (χ4n) is 3.42. The Balaban J connectivity index is 1.66. The van der Waals surface area contributed by atoms with Crippen LogP contribution in [-0.4, -0.2) is 35.5 Å². The Labute approximate surface area is 168 Å². The number of ether oxygens (including phenoxy) is 2. The van der Waals surface area contributed by atoms with Gasteiger partial charge in [0, 0.05) is 29.1 Å². The molecule has 2 aromatic carbocycles. The van der Waals surface area contributed by atoms with Crippen molar-refractivity contribution in [1.29, 1.82) is 0 Å². The van der Waals surface area contributed by atoms with Gasteiger partial charge in [0.25, 0.3) is 5.91 Å². The summed E-state index contributed by atoms with van der Waals surface area (Å²) in [5, 5.41) is 1.48. The van der Waals surface area contributed by atoms with Crippen molar-refractivity contribution >= 4 is 28.4 Å². The van der Waals surface area contributed by atoms with Crippen LogP contribution in [0.5, 0.6) is 11.5 Å². The number of aromatic nitrogens is 1. The molecule has 0 atom stereocenters. The third-order valence-corrected chi connectivity index (χ3v) is 5.11. The van der Waals surface area contributed by atoms with Crippen LogP contribution in [0.4, 0.5) is 0 Å². The van der Waals surface area contributed by atoms with E-state index in [0.717, 1.165) is 28.0 Å². The third-order valence-electron chi connectivity index (χ3n) is 4.88. The smallest absolute Gasteiger partial charge is 0.256 e. The van der Waals surface area contributed by atoms with Gasteiger partial charge in [-0.25, -0.2) is 0 Å². The van der Waals surface area contributed by atoms with Crippen LogP contribution >= 0.6 is 11.6 Å². The number of pyridine rings is 1. The summed E-state index contributed by atoms with van der Waals surface area (Å²) in [5.74, 6) is 1.38. The van der Waals surface area contributed by atoms with Crippen LogP contribution in [0, 0.1) is 6.92 Å². The summed E-state index contributed by atoms with van der Waals surface area (Å²) in [6.07, 6.45) is 0. The molecular weight excluding hydrogens is 376 g/mol. The number of para-hydroxylation sites is 1. The van der Waals surface area contributed by atoms with Gasteiger partial charge in [-0.05, 0) is 44.2 Å². The summed E-state index contributed by atoms with van der Waals surface area (Å²) < 4.78 is 11.4. The van der Waals surface area contributed by atoms with E-state index in [1.807, 2.05) is 50.2 Å². The summed E-state index contributed by atoms with van der Waals surface area (Å²) >= 11 is 6.11. The van der Waals surface area contributed by atoms with E-state index in [2.05, 4.69) is 4.98 Å². The molecule has 4 rings (SSSR count). The van der Waals surface area contributed by atoms with Gasteiger partial charge in [-0.15, -0.1) is 0 Å². The number of benzene rings is 2. The molecule has 0 spiro atoms. The minimum Gasteiger partial charge on any atom is -0.486 e. The number of carbonyl (C=O) groups is 1. The van der Waals surface area contributed by atoms with Gasteiger partial charge in [-0.3, -0.25) is 9.78 Å². The van der Waals surface area contributed by atoms with Crippen molar-refractivity contribution in [1.82, 2.24) is 9.88 Å². The minimum absolute atomic E-state index is 0.0660. The fourth-order valence-corrected chi connectivity index (χ4v) is 3.60. The zero-order valence-electron chi connectivity index (χ0n) is 15.9. The van der Waals surface area contributed by atoms with E-state index in [1.54, 1.807) is 11.0 Å². The first-order valence-electron chi connectivity index (χ1n) is 9.30. The lowest BCUT2D eigenvalue weighted by atomic mass is 10.1. The Hall–Kier alpha value is -2.79. The maximum atomic E-state index is 13.3. The van der Waals surface area contributed by atoms with Gasteiger partial charge >= 0.3 is 0 Å². The average molecular weight is 397 g/mol. The van der Waals surface area contributed by atoms with Gasteiger partial charge in [-0.1, -0.05) is 23.7 Å². The zero-order valence-corrected chi connectivity index (χ0v) is 16.6. The maximum Gasteiger partial charge on any atom is 0.256 e. The third kappa shape index (κ3) is 3.50. The summed E-state index contributed by atoms with van der Waals surface area (Å²) in [6, 6.07) is 13.1. The normalized spacial score (nSPS) is 12.8. The van der Waals surface area contributed by atoms with Gasteiger partial charge in [0.05, 0.1) is 16.8 Å². The van der Waals surface area contributed by atoms with Crippen molar-refractivity contribution in [2.75, 3.05) is 19.8 Å². The molecular formula is C22H21ClN2O3. The highest BCUT2D eigenvalue weighted by Crippen LogP contribution is 2.34. The van der Waals surface area contributed by atoms with Gasteiger partial charge in [0.1, 0.15) is 13.2 Å². The monoisotopic (exact) mass is 396 g/mol. The number of fused-ring (bicyclic) bond motifs is 2. The van der Waals surface area contributed by atoms with E-state index < -0.39 is 0 Å². The zero-order chi connectivity index (χ0) is 19.7. The van der Waals surface area contributed by atoms with E-state index in [1.165, 1.54) is 0 Å². The van der Waals surface area contributed by atoms with Gasteiger partial charge in [0.2, 0.25) is 0 Å². The number of aryl methyl sites for hydroxylation is 1. The first kappa shape index (κ1) is 18.6. The largest absolute Gasteiger partial charge is 0.486 e. The first-order chi connectivity index (χ1) is 13.6. The van der Waals surface area contributed by atoms with E-state index in [0.29, 0.717) is 42.6 Å². The molecule has 0 fully saturated rings. The molecule has 6 heteroatoms. The van der Waals surface area contributed by atoms with Crippen molar-refractivity contribution in [3.8, 4) is 11.5 Å². The minimum atomic E-state index is -0.0660. The second-order valence-corrected chi connectivity index (χ2v) is 7.16. The number of nitrogens with zero attached hydrogens (tertiary/aromatic N) is 2. The Kier molecular flexibility index (Phi) is 5.09. The maximum absolute atomic E-state index is 13.3. The quantitative estimate of drug-likeness (QED) is 0.645. The molecule has 3 aromatic rings. The lowest BCUT2D eigenvalue weighted by Gasteiger charge is -2.26. The van der Waals surface area contributed by atoms with Gasteiger partial charge in [0.15, 0.2) is 11.5 Å². The van der Waals surface area contributed by atoms with Crippen LogP contribution < -0.4 is 9.47 Å². The summed E-state index contributed by atoms with van der Waals surface area (Å²) in [6.45, 7) is 5.88. The SMILES string of the molecule is CCN(Cc1cccc2c1OCCO2)C(=O)c1cc2cc(Cl)ccc2nc1C. The molecule has 1 aliphatic heterocycles. The first-order valence-corrected chi connectivity index (χ1v) is 9.68. The Morgan fingerprint density at radius 1 is 1.18 bits per heavy atom. The number of hydrogen-bond donors (Lipinski definition) is 0. The molecule has 1 aromatic heterocycles. The summed E-state index contributed by atoms with van der Waals surface area (Å²) in [7, 11) is 0.